The van der Waals surface area contributed by atoms with Gasteiger partial charge < -0.3 is 10.0 Å². The van der Waals surface area contributed by atoms with Crippen LogP contribution < -0.4 is 4.90 Å². The van der Waals surface area contributed by atoms with E-state index in [9.17, 15) is 9.90 Å². The highest BCUT2D eigenvalue weighted by Gasteiger charge is 2.43. The number of aliphatic carboxylic acids is 1. The van der Waals surface area contributed by atoms with Crippen LogP contribution in [0.1, 0.15) is 51.9 Å². The molecule has 0 radical (unpaired) electrons. The van der Waals surface area contributed by atoms with Gasteiger partial charge in [0.05, 0.1) is 11.4 Å². The lowest BCUT2D eigenvalue weighted by atomic mass is 9.76. The molecule has 0 saturated carbocycles. The fraction of sp³-hybridized carbons (Fsp3) is 0.733. The summed E-state index contributed by atoms with van der Waals surface area (Å²) in [5, 5.41) is 18.0. The molecule has 6 heteroatoms. The Hall–Kier alpha value is -1.72. The lowest BCUT2D eigenvalue weighted by Gasteiger charge is -2.43. The molecule has 1 atom stereocenters. The molecular weight excluding hydrogens is 268 g/mol. The molecule has 6 nitrogen and oxygen atoms in total. The zero-order chi connectivity index (χ0) is 15.6. The third-order valence-electron chi connectivity index (χ3n) is 4.26. The number of piperidine rings is 1. The molecule has 1 aromatic heterocycles. The third kappa shape index (κ3) is 2.99. The molecule has 0 bridgehead atoms. The summed E-state index contributed by atoms with van der Waals surface area (Å²) < 4.78 is 0. The second-order valence-corrected chi connectivity index (χ2v) is 6.24. The van der Waals surface area contributed by atoms with E-state index in [0.29, 0.717) is 12.5 Å². The van der Waals surface area contributed by atoms with Gasteiger partial charge in [-0.25, -0.2) is 9.78 Å². The number of carbonyl (C=O) groups is 1. The molecule has 1 fully saturated rings. The van der Waals surface area contributed by atoms with Gasteiger partial charge in [-0.05, 0) is 31.1 Å². The minimum atomic E-state index is -0.819. The number of aryl methyl sites for hydroxylation is 2. The first kappa shape index (κ1) is 15.7. The first-order chi connectivity index (χ1) is 9.90. The minimum Gasteiger partial charge on any atom is -0.480 e. The van der Waals surface area contributed by atoms with E-state index in [2.05, 4.69) is 15.2 Å². The predicted molar refractivity (Wildman–Crippen MR) is 80.4 cm³/mol. The molecule has 1 saturated heterocycles. The first-order valence-electron chi connectivity index (χ1n) is 7.62. The minimum absolute atomic E-state index is 0.302. The summed E-state index contributed by atoms with van der Waals surface area (Å²) in [5.41, 5.74) is 1.50. The van der Waals surface area contributed by atoms with Crippen LogP contribution in [0.2, 0.25) is 0 Å². The van der Waals surface area contributed by atoms with Gasteiger partial charge in [0.1, 0.15) is 6.04 Å². The molecule has 1 aromatic rings. The van der Waals surface area contributed by atoms with E-state index in [0.717, 1.165) is 37.1 Å². The largest absolute Gasteiger partial charge is 0.480 e. The second-order valence-electron chi connectivity index (χ2n) is 6.24. The number of hydrogen-bond donors (Lipinski definition) is 1. The van der Waals surface area contributed by atoms with Crippen molar-refractivity contribution >= 4 is 11.9 Å². The Morgan fingerprint density at radius 2 is 1.95 bits per heavy atom. The van der Waals surface area contributed by atoms with E-state index in [1.165, 1.54) is 0 Å². The number of rotatable bonds is 4. The summed E-state index contributed by atoms with van der Waals surface area (Å²) in [5.74, 6) is -0.370. The average molecular weight is 292 g/mol. The van der Waals surface area contributed by atoms with Crippen molar-refractivity contribution in [2.24, 2.45) is 5.41 Å². The highest BCUT2D eigenvalue weighted by molar-refractivity contribution is 5.78. The highest BCUT2D eigenvalue weighted by atomic mass is 16.4. The Morgan fingerprint density at radius 1 is 1.29 bits per heavy atom. The Labute approximate surface area is 125 Å². The van der Waals surface area contributed by atoms with Crippen molar-refractivity contribution in [1.82, 2.24) is 15.2 Å². The van der Waals surface area contributed by atoms with Crippen LogP contribution in [0.3, 0.4) is 0 Å². The van der Waals surface area contributed by atoms with Crippen LogP contribution >= 0.6 is 0 Å². The lowest BCUT2D eigenvalue weighted by molar-refractivity contribution is -0.142. The zero-order valence-electron chi connectivity index (χ0n) is 13.3. The zero-order valence-corrected chi connectivity index (χ0v) is 13.3. The van der Waals surface area contributed by atoms with Crippen LogP contribution in [-0.4, -0.2) is 38.8 Å². The van der Waals surface area contributed by atoms with Crippen LogP contribution in [0.4, 0.5) is 5.95 Å². The van der Waals surface area contributed by atoms with E-state index in [1.807, 2.05) is 27.7 Å². The molecule has 2 heterocycles. The maximum atomic E-state index is 11.7. The van der Waals surface area contributed by atoms with Crippen LogP contribution in [0.15, 0.2) is 0 Å². The Balaban J connectivity index is 2.41. The number of nitrogens with zero attached hydrogens (tertiary/aromatic N) is 4. The first-order valence-corrected chi connectivity index (χ1v) is 7.62. The molecule has 0 spiro atoms. The number of carboxylic acid groups (broad SMARTS) is 1. The number of hydrogen-bond acceptors (Lipinski definition) is 5. The molecule has 116 valence electrons. The Bertz CT molecular complexity index is 530. The normalized spacial score (nSPS) is 21.3. The van der Waals surface area contributed by atoms with Crippen LogP contribution in [-0.2, 0) is 17.6 Å². The molecule has 21 heavy (non-hydrogen) atoms. The van der Waals surface area contributed by atoms with E-state index < -0.39 is 12.0 Å². The summed E-state index contributed by atoms with van der Waals surface area (Å²) in [6.45, 7) is 8.70. The van der Waals surface area contributed by atoms with Crippen LogP contribution in [0, 0.1) is 5.41 Å². The quantitative estimate of drug-likeness (QED) is 0.915. The third-order valence-corrected chi connectivity index (χ3v) is 4.26. The molecule has 0 amide bonds. The fourth-order valence-corrected chi connectivity index (χ4v) is 3.13. The Kier molecular flexibility index (Phi) is 4.44. The second kappa shape index (κ2) is 5.95. The average Bonchev–Trinajstić information content (AvgIpc) is 2.44. The SMILES string of the molecule is CCc1nnc(N2CCCC(C)(C)C2C(=O)O)nc1CC. The maximum absolute atomic E-state index is 11.7. The molecule has 1 aliphatic rings. The number of carboxylic acids is 1. The standard InChI is InChI=1S/C15H24N4O2/c1-5-10-11(6-2)17-18-14(16-10)19-9-7-8-15(3,4)12(19)13(20)21/h12H,5-9H2,1-4H3,(H,20,21). The van der Waals surface area contributed by atoms with E-state index >= 15 is 0 Å². The summed E-state index contributed by atoms with van der Waals surface area (Å²) in [6, 6.07) is -0.606. The predicted octanol–water partition coefficient (Wildman–Crippen LogP) is 2.08. The number of aromatic nitrogens is 3. The van der Waals surface area contributed by atoms with Gasteiger partial charge in [-0.3, -0.25) is 0 Å². The molecular formula is C15H24N4O2. The van der Waals surface area contributed by atoms with Gasteiger partial charge in [-0.2, -0.15) is 5.10 Å². The summed E-state index contributed by atoms with van der Waals surface area (Å²) in [6.07, 6.45) is 3.40. The van der Waals surface area contributed by atoms with Gasteiger partial charge in [-0.15, -0.1) is 5.10 Å². The highest BCUT2D eigenvalue weighted by Crippen LogP contribution is 2.36. The van der Waals surface area contributed by atoms with Gasteiger partial charge in [0.15, 0.2) is 0 Å². The van der Waals surface area contributed by atoms with Gasteiger partial charge >= 0.3 is 5.97 Å². The summed E-state index contributed by atoms with van der Waals surface area (Å²) >= 11 is 0. The van der Waals surface area contributed by atoms with Crippen molar-refractivity contribution in [3.63, 3.8) is 0 Å². The van der Waals surface area contributed by atoms with Crippen molar-refractivity contribution in [3.8, 4) is 0 Å². The molecule has 1 unspecified atom stereocenters. The topological polar surface area (TPSA) is 79.2 Å². The maximum Gasteiger partial charge on any atom is 0.326 e. The van der Waals surface area contributed by atoms with Gasteiger partial charge in [0.2, 0.25) is 5.95 Å². The van der Waals surface area contributed by atoms with E-state index in [4.69, 9.17) is 0 Å². The molecule has 0 aromatic carbocycles. The summed E-state index contributed by atoms with van der Waals surface area (Å²) in [4.78, 5) is 18.1. The van der Waals surface area contributed by atoms with Gasteiger partial charge in [0.25, 0.3) is 0 Å². The van der Waals surface area contributed by atoms with Crippen molar-refractivity contribution in [3.05, 3.63) is 11.4 Å². The van der Waals surface area contributed by atoms with Crippen molar-refractivity contribution < 1.29 is 9.90 Å². The van der Waals surface area contributed by atoms with Crippen molar-refractivity contribution in [2.45, 2.75) is 59.4 Å². The smallest absolute Gasteiger partial charge is 0.326 e. The van der Waals surface area contributed by atoms with Crippen LogP contribution in [0.5, 0.6) is 0 Å². The molecule has 0 aliphatic carbocycles. The van der Waals surface area contributed by atoms with Crippen LogP contribution in [0.25, 0.3) is 0 Å². The molecule has 1 aliphatic heterocycles. The van der Waals surface area contributed by atoms with Gasteiger partial charge in [0, 0.05) is 6.54 Å². The molecule has 2 rings (SSSR count). The Morgan fingerprint density at radius 3 is 2.52 bits per heavy atom. The van der Waals surface area contributed by atoms with E-state index in [-0.39, 0.29) is 5.41 Å². The van der Waals surface area contributed by atoms with Crippen molar-refractivity contribution in [1.29, 1.82) is 0 Å². The number of anilines is 1. The fourth-order valence-electron chi connectivity index (χ4n) is 3.13. The van der Waals surface area contributed by atoms with Gasteiger partial charge in [-0.1, -0.05) is 27.7 Å². The lowest BCUT2D eigenvalue weighted by Crippen LogP contribution is -2.55. The monoisotopic (exact) mass is 292 g/mol. The summed E-state index contributed by atoms with van der Waals surface area (Å²) in [7, 11) is 0. The van der Waals surface area contributed by atoms with Crippen molar-refractivity contribution in [2.75, 3.05) is 11.4 Å². The van der Waals surface area contributed by atoms with E-state index in [1.54, 1.807) is 4.90 Å². The molecule has 1 N–H and O–H groups in total.